The van der Waals surface area contributed by atoms with Crippen molar-refractivity contribution in [2.75, 3.05) is 14.1 Å². The number of rotatable bonds is 4. The first-order valence-corrected chi connectivity index (χ1v) is 8.60. The van der Waals surface area contributed by atoms with Crippen LogP contribution in [0.2, 0.25) is 5.02 Å². The van der Waals surface area contributed by atoms with Crippen molar-refractivity contribution in [1.82, 2.24) is 19.4 Å². The zero-order valence-electron chi connectivity index (χ0n) is 15.2. The van der Waals surface area contributed by atoms with Crippen LogP contribution in [-0.2, 0) is 0 Å². The lowest BCUT2D eigenvalue weighted by Gasteiger charge is -2.11. The highest BCUT2D eigenvalue weighted by molar-refractivity contribution is 6.30. The SMILES string of the molecule is C#CC(C)n1c(C)c(-c2ccc(Cl)cc2)c2c(/N=C\N(C)C)ncnc21. The first-order valence-electron chi connectivity index (χ1n) is 8.22. The fourth-order valence-corrected chi connectivity index (χ4v) is 3.15. The minimum absolute atomic E-state index is 0.140. The molecule has 0 aliphatic carbocycles. The fourth-order valence-electron chi connectivity index (χ4n) is 3.02. The van der Waals surface area contributed by atoms with E-state index in [1.807, 2.05) is 57.1 Å². The van der Waals surface area contributed by atoms with Crippen LogP contribution in [-0.4, -0.2) is 39.9 Å². The third-order valence-electron chi connectivity index (χ3n) is 4.18. The highest BCUT2D eigenvalue weighted by Gasteiger charge is 2.22. The summed E-state index contributed by atoms with van der Waals surface area (Å²) in [7, 11) is 3.83. The van der Waals surface area contributed by atoms with Gasteiger partial charge in [0.2, 0.25) is 0 Å². The van der Waals surface area contributed by atoms with Gasteiger partial charge < -0.3 is 9.47 Å². The van der Waals surface area contributed by atoms with Crippen LogP contribution in [0, 0.1) is 19.3 Å². The number of terminal acetylenes is 1. The summed E-state index contributed by atoms with van der Waals surface area (Å²) < 4.78 is 2.05. The molecule has 0 radical (unpaired) electrons. The first kappa shape index (κ1) is 18.0. The summed E-state index contributed by atoms with van der Waals surface area (Å²) in [6.07, 6.45) is 8.95. The summed E-state index contributed by atoms with van der Waals surface area (Å²) >= 11 is 6.07. The van der Waals surface area contributed by atoms with Gasteiger partial charge in [-0.1, -0.05) is 29.7 Å². The van der Waals surface area contributed by atoms with Gasteiger partial charge in [-0.2, -0.15) is 0 Å². The van der Waals surface area contributed by atoms with E-state index in [0.717, 1.165) is 27.9 Å². The van der Waals surface area contributed by atoms with Crippen molar-refractivity contribution >= 4 is 34.8 Å². The van der Waals surface area contributed by atoms with Gasteiger partial charge in [0.25, 0.3) is 0 Å². The van der Waals surface area contributed by atoms with Gasteiger partial charge in [-0.15, -0.1) is 6.42 Å². The van der Waals surface area contributed by atoms with Crippen molar-refractivity contribution in [3.05, 3.63) is 41.3 Å². The Hall–Kier alpha value is -2.84. The number of hydrogen-bond acceptors (Lipinski definition) is 3. The smallest absolute Gasteiger partial charge is 0.166 e. The molecular formula is C20H20ClN5. The van der Waals surface area contributed by atoms with Crippen molar-refractivity contribution in [3.63, 3.8) is 0 Å². The minimum atomic E-state index is -0.140. The van der Waals surface area contributed by atoms with E-state index >= 15 is 0 Å². The molecule has 0 saturated carbocycles. The summed E-state index contributed by atoms with van der Waals surface area (Å²) in [5, 5.41) is 1.57. The topological polar surface area (TPSA) is 46.3 Å². The summed E-state index contributed by atoms with van der Waals surface area (Å²) in [6.45, 7) is 4.02. The summed E-state index contributed by atoms with van der Waals surface area (Å²) in [4.78, 5) is 15.3. The average molecular weight is 366 g/mol. The van der Waals surface area contributed by atoms with Crippen LogP contribution in [0.3, 0.4) is 0 Å². The molecule has 0 aliphatic rings. The van der Waals surface area contributed by atoms with Gasteiger partial charge in [0, 0.05) is 30.4 Å². The van der Waals surface area contributed by atoms with Gasteiger partial charge in [0.05, 0.1) is 17.8 Å². The molecule has 132 valence electrons. The molecule has 0 aliphatic heterocycles. The quantitative estimate of drug-likeness (QED) is 0.389. The average Bonchev–Trinajstić information content (AvgIpc) is 2.92. The van der Waals surface area contributed by atoms with Crippen LogP contribution >= 0.6 is 11.6 Å². The molecule has 0 N–H and O–H groups in total. The zero-order valence-corrected chi connectivity index (χ0v) is 16.0. The number of fused-ring (bicyclic) bond motifs is 1. The van der Waals surface area contributed by atoms with E-state index in [9.17, 15) is 0 Å². The van der Waals surface area contributed by atoms with Crippen molar-refractivity contribution in [2.24, 2.45) is 4.99 Å². The second-order valence-electron chi connectivity index (χ2n) is 6.28. The van der Waals surface area contributed by atoms with Crippen LogP contribution in [0.5, 0.6) is 0 Å². The zero-order chi connectivity index (χ0) is 18.8. The van der Waals surface area contributed by atoms with Crippen LogP contribution < -0.4 is 0 Å². The van der Waals surface area contributed by atoms with Crippen molar-refractivity contribution in [2.45, 2.75) is 19.9 Å². The van der Waals surface area contributed by atoms with E-state index in [0.29, 0.717) is 10.8 Å². The lowest BCUT2D eigenvalue weighted by atomic mass is 10.0. The van der Waals surface area contributed by atoms with E-state index in [2.05, 4.69) is 25.4 Å². The molecule has 0 spiro atoms. The van der Waals surface area contributed by atoms with Gasteiger partial charge in [-0.05, 0) is 31.5 Å². The maximum Gasteiger partial charge on any atom is 0.166 e. The van der Waals surface area contributed by atoms with Gasteiger partial charge in [0.1, 0.15) is 12.0 Å². The molecule has 0 saturated heterocycles. The second kappa shape index (κ2) is 7.19. The van der Waals surface area contributed by atoms with E-state index in [1.54, 1.807) is 6.34 Å². The van der Waals surface area contributed by atoms with Gasteiger partial charge in [-0.25, -0.2) is 15.0 Å². The summed E-state index contributed by atoms with van der Waals surface area (Å²) in [5.74, 6) is 3.40. The van der Waals surface area contributed by atoms with Crippen LogP contribution in [0.1, 0.15) is 18.7 Å². The Morgan fingerprint density at radius 3 is 2.58 bits per heavy atom. The van der Waals surface area contributed by atoms with Gasteiger partial charge in [0.15, 0.2) is 5.82 Å². The Morgan fingerprint density at radius 2 is 1.96 bits per heavy atom. The van der Waals surface area contributed by atoms with Crippen molar-refractivity contribution in [1.29, 1.82) is 0 Å². The third kappa shape index (κ3) is 3.16. The van der Waals surface area contributed by atoms with Crippen LogP contribution in [0.25, 0.3) is 22.2 Å². The predicted octanol–water partition coefficient (Wildman–Crippen LogP) is 4.48. The maximum absolute atomic E-state index is 6.07. The van der Waals surface area contributed by atoms with E-state index in [-0.39, 0.29) is 6.04 Å². The maximum atomic E-state index is 6.07. The van der Waals surface area contributed by atoms with E-state index in [1.165, 1.54) is 6.33 Å². The number of halogens is 1. The molecule has 0 amide bonds. The highest BCUT2D eigenvalue weighted by atomic mass is 35.5. The second-order valence-corrected chi connectivity index (χ2v) is 6.72. The van der Waals surface area contributed by atoms with Crippen molar-refractivity contribution < 1.29 is 0 Å². The van der Waals surface area contributed by atoms with E-state index < -0.39 is 0 Å². The Balaban J connectivity index is 2.39. The Labute approximate surface area is 158 Å². The molecule has 3 rings (SSSR count). The molecular weight excluding hydrogens is 346 g/mol. The Bertz CT molecular complexity index is 1010. The lowest BCUT2D eigenvalue weighted by Crippen LogP contribution is -2.07. The molecule has 3 aromatic rings. The number of aromatic nitrogens is 3. The largest absolute Gasteiger partial charge is 0.369 e. The summed E-state index contributed by atoms with van der Waals surface area (Å²) in [6, 6.07) is 7.58. The highest BCUT2D eigenvalue weighted by Crippen LogP contribution is 2.39. The Morgan fingerprint density at radius 1 is 1.27 bits per heavy atom. The summed E-state index contributed by atoms with van der Waals surface area (Å²) in [5.41, 5.74) is 3.84. The molecule has 26 heavy (non-hydrogen) atoms. The molecule has 0 bridgehead atoms. The molecule has 1 atom stereocenters. The fraction of sp³-hybridized carbons (Fsp3) is 0.250. The Kier molecular flexibility index (Phi) is 4.97. The first-order chi connectivity index (χ1) is 12.4. The molecule has 0 fully saturated rings. The normalized spacial score (nSPS) is 12.5. The molecule has 1 unspecified atom stereocenters. The number of aliphatic imine (C=N–C) groups is 1. The predicted molar refractivity (Wildman–Crippen MR) is 108 cm³/mol. The van der Waals surface area contributed by atoms with Gasteiger partial charge >= 0.3 is 0 Å². The third-order valence-corrected chi connectivity index (χ3v) is 4.43. The van der Waals surface area contributed by atoms with Gasteiger partial charge in [-0.3, -0.25) is 0 Å². The minimum Gasteiger partial charge on any atom is -0.369 e. The number of nitrogens with zero attached hydrogens (tertiary/aromatic N) is 5. The van der Waals surface area contributed by atoms with Crippen molar-refractivity contribution in [3.8, 4) is 23.5 Å². The van der Waals surface area contributed by atoms with Crippen LogP contribution in [0.15, 0.2) is 35.6 Å². The van der Waals surface area contributed by atoms with Crippen LogP contribution in [0.4, 0.5) is 5.82 Å². The monoisotopic (exact) mass is 365 g/mol. The number of hydrogen-bond donors (Lipinski definition) is 0. The molecule has 2 heterocycles. The standard InChI is InChI=1S/C20H20ClN5/c1-6-13(2)26-14(3)17(15-7-9-16(21)10-8-15)18-19(24-12-25(4)5)22-11-23-20(18)26/h1,7-13H,2-5H3/b24-12-. The lowest BCUT2D eigenvalue weighted by molar-refractivity contribution is 0.643. The molecule has 6 heteroatoms. The van der Waals surface area contributed by atoms with E-state index in [4.69, 9.17) is 18.0 Å². The number of benzene rings is 1. The molecule has 2 aromatic heterocycles. The molecule has 1 aromatic carbocycles. The molecule has 5 nitrogen and oxygen atoms in total.